The second-order valence-electron chi connectivity index (χ2n) is 7.34. The molecule has 2 heterocycles. The fraction of sp³-hybridized carbons (Fsp3) is 0.261. The van der Waals surface area contributed by atoms with Gasteiger partial charge < -0.3 is 10.1 Å². The number of anilines is 1. The van der Waals surface area contributed by atoms with Crippen molar-refractivity contribution in [3.8, 4) is 0 Å². The van der Waals surface area contributed by atoms with E-state index in [4.69, 9.17) is 4.74 Å². The molecule has 1 amide bonds. The van der Waals surface area contributed by atoms with Gasteiger partial charge in [-0.2, -0.15) is 0 Å². The van der Waals surface area contributed by atoms with Crippen LogP contribution < -0.4 is 5.32 Å². The molecule has 6 nitrogen and oxygen atoms in total. The number of thiophene rings is 1. The summed E-state index contributed by atoms with van der Waals surface area (Å²) in [6.07, 6.45) is 2.79. The lowest BCUT2D eigenvalue weighted by Gasteiger charge is -2.20. The monoisotopic (exact) mass is 441 g/mol. The number of nitrogens with one attached hydrogen (secondary N) is 1. The number of carbonyl (C=O) groups excluding carboxylic acids is 2. The number of ether oxygens (including phenoxy) is 1. The largest absolute Gasteiger partial charge is 0.465 e. The van der Waals surface area contributed by atoms with Gasteiger partial charge in [0.05, 0.1) is 18.5 Å². The third-order valence-corrected chi connectivity index (χ3v) is 5.88. The molecule has 0 spiro atoms. The minimum absolute atomic E-state index is 0.270. The van der Waals surface area contributed by atoms with Crippen LogP contribution in [0.1, 0.15) is 34.8 Å². The van der Waals surface area contributed by atoms with Crippen LogP contribution in [0, 0.1) is 5.82 Å². The van der Waals surface area contributed by atoms with Gasteiger partial charge in [-0.3, -0.25) is 9.69 Å². The maximum Gasteiger partial charge on any atom is 0.350 e. The molecule has 0 aliphatic rings. The molecule has 0 unspecified atom stereocenters. The van der Waals surface area contributed by atoms with Gasteiger partial charge in [-0.25, -0.2) is 14.2 Å². The zero-order chi connectivity index (χ0) is 22.5. The van der Waals surface area contributed by atoms with E-state index in [2.05, 4.69) is 29.0 Å². The molecule has 2 aromatic heterocycles. The van der Waals surface area contributed by atoms with E-state index in [1.54, 1.807) is 12.1 Å². The van der Waals surface area contributed by atoms with Crippen LogP contribution in [0.25, 0.3) is 16.3 Å². The molecule has 0 saturated carbocycles. The normalized spacial score (nSPS) is 11.6. The molecule has 0 bridgehead atoms. The smallest absolute Gasteiger partial charge is 0.350 e. The van der Waals surface area contributed by atoms with Crippen LogP contribution in [0.15, 0.2) is 42.5 Å². The Balaban J connectivity index is 1.90. The highest BCUT2D eigenvalue weighted by Gasteiger charge is 2.21. The molecule has 3 aromatic rings. The number of methoxy groups -OCH3 is 1. The topological polar surface area (TPSA) is 71.5 Å². The molecule has 1 aromatic carbocycles. The Morgan fingerprint density at radius 3 is 2.74 bits per heavy atom. The summed E-state index contributed by atoms with van der Waals surface area (Å²) >= 11 is 1.17. The molecule has 0 radical (unpaired) electrons. The van der Waals surface area contributed by atoms with Crippen LogP contribution in [0.5, 0.6) is 0 Å². The first kappa shape index (κ1) is 22.6. The number of benzene rings is 1. The van der Waals surface area contributed by atoms with Gasteiger partial charge in [0.25, 0.3) is 0 Å². The molecule has 3 rings (SSSR count). The highest BCUT2D eigenvalue weighted by molar-refractivity contribution is 7.21. The van der Waals surface area contributed by atoms with Gasteiger partial charge in [0.2, 0.25) is 5.91 Å². The van der Waals surface area contributed by atoms with Crippen LogP contribution in [-0.2, 0) is 16.1 Å². The van der Waals surface area contributed by atoms with Crippen LogP contribution in [0.3, 0.4) is 0 Å². The summed E-state index contributed by atoms with van der Waals surface area (Å²) < 4.78 is 18.2. The van der Waals surface area contributed by atoms with Gasteiger partial charge in [0.15, 0.2) is 0 Å². The number of nitrogens with zero attached hydrogens (tertiary/aromatic N) is 2. The second-order valence-corrected chi connectivity index (χ2v) is 8.34. The van der Waals surface area contributed by atoms with E-state index in [0.717, 1.165) is 5.69 Å². The van der Waals surface area contributed by atoms with E-state index in [0.29, 0.717) is 34.1 Å². The molecular formula is C23H24FN3O3S. The SMILES string of the molecule is COC(=O)c1sc2nc(CN(C)C(C)C)ccc2c1NC(=O)C=Cc1cccc(F)c1. The minimum Gasteiger partial charge on any atom is -0.465 e. The third kappa shape index (κ3) is 5.53. The van der Waals surface area contributed by atoms with Crippen molar-refractivity contribution >= 4 is 45.2 Å². The summed E-state index contributed by atoms with van der Waals surface area (Å²) in [5, 5.41) is 3.41. The standard InChI is InChI=1S/C23H24FN3O3S/c1-14(2)27(3)13-17-9-10-18-20(21(23(29)30-4)31-22(18)25-17)26-19(28)11-8-15-6-5-7-16(24)12-15/h5-12,14H,13H2,1-4H3,(H,26,28). The number of halogens is 1. The quantitative estimate of drug-likeness (QED) is 0.425. The summed E-state index contributed by atoms with van der Waals surface area (Å²) in [5.74, 6) is -1.38. The van der Waals surface area contributed by atoms with Gasteiger partial charge in [-0.15, -0.1) is 11.3 Å². The predicted molar refractivity (Wildman–Crippen MR) is 122 cm³/mol. The number of hydrogen-bond acceptors (Lipinski definition) is 6. The Hall–Kier alpha value is -3.10. The lowest BCUT2D eigenvalue weighted by molar-refractivity contribution is -0.111. The Morgan fingerprint density at radius 2 is 2.06 bits per heavy atom. The highest BCUT2D eigenvalue weighted by atomic mass is 32.1. The van der Waals surface area contributed by atoms with Crippen LogP contribution in [-0.4, -0.2) is 42.0 Å². The van der Waals surface area contributed by atoms with Crippen molar-refractivity contribution in [3.05, 3.63) is 64.4 Å². The predicted octanol–water partition coefficient (Wildman–Crippen LogP) is 4.71. The Bertz CT molecular complexity index is 1140. The van der Waals surface area contributed by atoms with Gasteiger partial charge in [0, 0.05) is 24.0 Å². The number of hydrogen-bond donors (Lipinski definition) is 1. The Labute approximate surface area is 184 Å². The number of esters is 1. The van der Waals surface area contributed by atoms with Crippen molar-refractivity contribution in [2.75, 3.05) is 19.5 Å². The van der Waals surface area contributed by atoms with E-state index >= 15 is 0 Å². The van der Waals surface area contributed by atoms with Crippen molar-refractivity contribution in [3.63, 3.8) is 0 Å². The number of rotatable bonds is 7. The fourth-order valence-electron chi connectivity index (χ4n) is 2.85. The van der Waals surface area contributed by atoms with E-state index in [-0.39, 0.29) is 10.7 Å². The van der Waals surface area contributed by atoms with Crippen molar-refractivity contribution in [1.82, 2.24) is 9.88 Å². The van der Waals surface area contributed by atoms with Gasteiger partial charge in [-0.1, -0.05) is 12.1 Å². The lowest BCUT2D eigenvalue weighted by Crippen LogP contribution is -2.25. The molecular weight excluding hydrogens is 417 g/mol. The summed E-state index contributed by atoms with van der Waals surface area (Å²) in [7, 11) is 3.31. The first-order chi connectivity index (χ1) is 14.8. The van der Waals surface area contributed by atoms with Gasteiger partial charge >= 0.3 is 5.97 Å². The molecule has 0 saturated heterocycles. The average molecular weight is 442 g/mol. The van der Waals surface area contributed by atoms with Crippen LogP contribution >= 0.6 is 11.3 Å². The number of aromatic nitrogens is 1. The molecule has 162 valence electrons. The summed E-state index contributed by atoms with van der Waals surface area (Å²) in [6, 6.07) is 10.0. The van der Waals surface area contributed by atoms with E-state index in [1.807, 2.05) is 19.2 Å². The van der Waals surface area contributed by atoms with Crippen LogP contribution in [0.2, 0.25) is 0 Å². The Kier molecular flexibility index (Phi) is 7.14. The molecule has 0 fully saturated rings. The first-order valence-electron chi connectivity index (χ1n) is 9.74. The zero-order valence-corrected chi connectivity index (χ0v) is 18.6. The maximum absolute atomic E-state index is 13.3. The number of amides is 1. The lowest BCUT2D eigenvalue weighted by atomic mass is 10.2. The molecule has 0 atom stereocenters. The molecule has 31 heavy (non-hydrogen) atoms. The van der Waals surface area contributed by atoms with Gasteiger partial charge in [-0.05, 0) is 56.8 Å². The van der Waals surface area contributed by atoms with Crippen LogP contribution in [0.4, 0.5) is 10.1 Å². The molecule has 0 aliphatic carbocycles. The van der Waals surface area contributed by atoms with Crippen molar-refractivity contribution < 1.29 is 18.7 Å². The fourth-order valence-corrected chi connectivity index (χ4v) is 3.92. The molecule has 0 aliphatic heterocycles. The Morgan fingerprint density at radius 1 is 1.29 bits per heavy atom. The summed E-state index contributed by atoms with van der Waals surface area (Å²) in [5.41, 5.74) is 1.78. The molecule has 8 heteroatoms. The minimum atomic E-state index is -0.548. The first-order valence-corrected chi connectivity index (χ1v) is 10.6. The number of fused-ring (bicyclic) bond motifs is 1. The highest BCUT2D eigenvalue weighted by Crippen LogP contribution is 2.35. The van der Waals surface area contributed by atoms with Gasteiger partial charge in [0.1, 0.15) is 15.5 Å². The molecule has 1 N–H and O–H groups in total. The number of carbonyl (C=O) groups is 2. The van der Waals surface area contributed by atoms with Crippen molar-refractivity contribution in [1.29, 1.82) is 0 Å². The van der Waals surface area contributed by atoms with Crippen molar-refractivity contribution in [2.24, 2.45) is 0 Å². The van der Waals surface area contributed by atoms with E-state index in [1.165, 1.54) is 42.7 Å². The van der Waals surface area contributed by atoms with E-state index in [9.17, 15) is 14.0 Å². The zero-order valence-electron chi connectivity index (χ0n) is 17.8. The second kappa shape index (κ2) is 9.80. The summed E-state index contributed by atoms with van der Waals surface area (Å²) in [4.78, 5) is 32.5. The average Bonchev–Trinajstić information content (AvgIpc) is 3.09. The maximum atomic E-state index is 13.3. The third-order valence-electron chi connectivity index (χ3n) is 4.80. The number of pyridine rings is 1. The van der Waals surface area contributed by atoms with E-state index < -0.39 is 11.9 Å². The summed E-state index contributed by atoms with van der Waals surface area (Å²) in [6.45, 7) is 4.87. The van der Waals surface area contributed by atoms with Crippen molar-refractivity contribution in [2.45, 2.75) is 26.4 Å².